The van der Waals surface area contributed by atoms with Gasteiger partial charge in [0, 0.05) is 51.7 Å². The molecule has 1 aromatic rings. The predicted octanol–water partition coefficient (Wildman–Crippen LogP) is 0.991. The fraction of sp³-hybridized carbons (Fsp3) is 0.625. The summed E-state index contributed by atoms with van der Waals surface area (Å²) in [6.07, 6.45) is 5.05. The van der Waals surface area contributed by atoms with Gasteiger partial charge in [-0.3, -0.25) is 4.79 Å². The fourth-order valence-electron chi connectivity index (χ4n) is 3.00. The second-order valence-corrected chi connectivity index (χ2v) is 5.94. The van der Waals surface area contributed by atoms with Crippen molar-refractivity contribution in [2.75, 3.05) is 50.8 Å². The van der Waals surface area contributed by atoms with Crippen molar-refractivity contribution in [2.45, 2.75) is 19.8 Å². The molecule has 2 aliphatic rings. The van der Waals surface area contributed by atoms with Gasteiger partial charge in [-0.25, -0.2) is 14.8 Å². The second kappa shape index (κ2) is 7.46. The van der Waals surface area contributed by atoms with Crippen LogP contribution in [0.1, 0.15) is 30.1 Å². The van der Waals surface area contributed by atoms with Gasteiger partial charge in [-0.15, -0.1) is 0 Å². The first-order valence-electron chi connectivity index (χ1n) is 8.47. The molecule has 2 amide bonds. The van der Waals surface area contributed by atoms with Crippen molar-refractivity contribution in [2.24, 2.45) is 0 Å². The van der Waals surface area contributed by atoms with Crippen LogP contribution < -0.4 is 4.90 Å². The Kier molecular flexibility index (Phi) is 5.12. The van der Waals surface area contributed by atoms with E-state index >= 15 is 0 Å². The summed E-state index contributed by atoms with van der Waals surface area (Å²) in [4.78, 5) is 38.2. The first kappa shape index (κ1) is 16.5. The third kappa shape index (κ3) is 3.58. The molecule has 2 fully saturated rings. The molecule has 1 aromatic heterocycles. The van der Waals surface area contributed by atoms with E-state index in [4.69, 9.17) is 4.74 Å². The highest BCUT2D eigenvalue weighted by Crippen LogP contribution is 2.15. The standard InChI is InChI=1S/C16H23N5O3/c1-2-24-16(23)21-9-7-20(8-10-21)15-17-11-13(12-18-15)14(22)19-5-3-4-6-19/h11-12H,2-10H2,1H3. The molecule has 2 aliphatic heterocycles. The highest BCUT2D eigenvalue weighted by atomic mass is 16.6. The van der Waals surface area contributed by atoms with E-state index < -0.39 is 0 Å². The molecule has 130 valence electrons. The van der Waals surface area contributed by atoms with Crippen LogP contribution in [0.2, 0.25) is 0 Å². The summed E-state index contributed by atoms with van der Waals surface area (Å²) in [5.74, 6) is 0.600. The predicted molar refractivity (Wildman–Crippen MR) is 88.0 cm³/mol. The van der Waals surface area contributed by atoms with Crippen LogP contribution in [0.25, 0.3) is 0 Å². The molecule has 8 nitrogen and oxygen atoms in total. The van der Waals surface area contributed by atoms with Crippen molar-refractivity contribution in [3.63, 3.8) is 0 Å². The number of anilines is 1. The molecule has 2 saturated heterocycles. The monoisotopic (exact) mass is 333 g/mol. The van der Waals surface area contributed by atoms with Crippen molar-refractivity contribution < 1.29 is 14.3 Å². The molecule has 0 unspecified atom stereocenters. The Labute approximate surface area is 141 Å². The lowest BCUT2D eigenvalue weighted by Gasteiger charge is -2.33. The van der Waals surface area contributed by atoms with Crippen LogP contribution in [0.4, 0.5) is 10.7 Å². The van der Waals surface area contributed by atoms with Gasteiger partial charge in [-0.1, -0.05) is 0 Å². The number of ether oxygens (including phenoxy) is 1. The average Bonchev–Trinajstić information content (AvgIpc) is 3.16. The number of carbonyl (C=O) groups is 2. The lowest BCUT2D eigenvalue weighted by Crippen LogP contribution is -2.49. The van der Waals surface area contributed by atoms with Gasteiger partial charge in [0.1, 0.15) is 0 Å². The molecule has 3 heterocycles. The first-order valence-corrected chi connectivity index (χ1v) is 8.47. The van der Waals surface area contributed by atoms with Gasteiger partial charge >= 0.3 is 6.09 Å². The molecule has 0 spiro atoms. The maximum absolute atomic E-state index is 12.3. The van der Waals surface area contributed by atoms with E-state index in [9.17, 15) is 9.59 Å². The summed E-state index contributed by atoms with van der Waals surface area (Å²) in [6.45, 7) is 6.28. The molecular formula is C16H23N5O3. The van der Waals surface area contributed by atoms with E-state index in [0.717, 1.165) is 25.9 Å². The van der Waals surface area contributed by atoms with Crippen LogP contribution >= 0.6 is 0 Å². The molecular weight excluding hydrogens is 310 g/mol. The van der Waals surface area contributed by atoms with Crippen LogP contribution in [0, 0.1) is 0 Å². The van der Waals surface area contributed by atoms with Crippen molar-refractivity contribution in [1.82, 2.24) is 19.8 Å². The van der Waals surface area contributed by atoms with E-state index in [-0.39, 0.29) is 12.0 Å². The van der Waals surface area contributed by atoms with E-state index in [1.54, 1.807) is 24.2 Å². The molecule has 8 heteroatoms. The number of rotatable bonds is 3. The van der Waals surface area contributed by atoms with Crippen LogP contribution in [-0.4, -0.2) is 77.6 Å². The molecule has 0 N–H and O–H groups in total. The van der Waals surface area contributed by atoms with Gasteiger partial charge in [0.05, 0.1) is 12.2 Å². The number of hydrogen-bond donors (Lipinski definition) is 0. The number of amides is 2. The number of nitrogens with zero attached hydrogens (tertiary/aromatic N) is 5. The fourth-order valence-corrected chi connectivity index (χ4v) is 3.00. The van der Waals surface area contributed by atoms with Crippen molar-refractivity contribution in [1.29, 1.82) is 0 Å². The lowest BCUT2D eigenvalue weighted by molar-refractivity contribution is 0.0791. The molecule has 0 bridgehead atoms. The summed E-state index contributed by atoms with van der Waals surface area (Å²) in [7, 11) is 0. The van der Waals surface area contributed by atoms with Crippen LogP contribution in [-0.2, 0) is 4.74 Å². The zero-order chi connectivity index (χ0) is 16.9. The Morgan fingerprint density at radius 3 is 2.21 bits per heavy atom. The summed E-state index contributed by atoms with van der Waals surface area (Å²) in [6, 6.07) is 0. The van der Waals surface area contributed by atoms with E-state index in [0.29, 0.717) is 44.3 Å². The quantitative estimate of drug-likeness (QED) is 0.821. The Balaban J connectivity index is 1.56. The Morgan fingerprint density at radius 2 is 1.62 bits per heavy atom. The highest BCUT2D eigenvalue weighted by Gasteiger charge is 2.24. The van der Waals surface area contributed by atoms with Crippen molar-refractivity contribution in [3.05, 3.63) is 18.0 Å². The van der Waals surface area contributed by atoms with Crippen LogP contribution in [0.5, 0.6) is 0 Å². The van der Waals surface area contributed by atoms with Gasteiger partial charge in [0.15, 0.2) is 0 Å². The Morgan fingerprint density at radius 1 is 1.00 bits per heavy atom. The van der Waals surface area contributed by atoms with Crippen molar-refractivity contribution >= 4 is 17.9 Å². The molecule has 0 aliphatic carbocycles. The smallest absolute Gasteiger partial charge is 0.409 e. The molecule has 0 aromatic carbocycles. The number of likely N-dealkylation sites (tertiary alicyclic amines) is 1. The average molecular weight is 333 g/mol. The molecule has 24 heavy (non-hydrogen) atoms. The molecule has 3 rings (SSSR count). The Bertz CT molecular complexity index is 578. The van der Waals surface area contributed by atoms with Gasteiger partial charge in [-0.2, -0.15) is 0 Å². The summed E-state index contributed by atoms with van der Waals surface area (Å²) in [5.41, 5.74) is 0.533. The summed E-state index contributed by atoms with van der Waals surface area (Å²) < 4.78 is 5.01. The molecule has 0 saturated carbocycles. The first-order chi connectivity index (χ1) is 11.7. The number of carbonyl (C=O) groups excluding carboxylic acids is 2. The lowest BCUT2D eigenvalue weighted by atomic mass is 10.3. The van der Waals surface area contributed by atoms with E-state index in [2.05, 4.69) is 9.97 Å². The molecule has 0 atom stereocenters. The zero-order valence-electron chi connectivity index (χ0n) is 14.0. The summed E-state index contributed by atoms with van der Waals surface area (Å²) in [5, 5.41) is 0. The second-order valence-electron chi connectivity index (χ2n) is 5.94. The zero-order valence-corrected chi connectivity index (χ0v) is 14.0. The van der Waals surface area contributed by atoms with E-state index in [1.807, 2.05) is 9.80 Å². The van der Waals surface area contributed by atoms with Crippen LogP contribution in [0.15, 0.2) is 12.4 Å². The van der Waals surface area contributed by atoms with Gasteiger partial charge in [0.2, 0.25) is 5.95 Å². The maximum atomic E-state index is 12.3. The van der Waals surface area contributed by atoms with Gasteiger partial charge < -0.3 is 19.4 Å². The third-order valence-corrected chi connectivity index (χ3v) is 4.37. The van der Waals surface area contributed by atoms with E-state index in [1.165, 1.54) is 0 Å². The topological polar surface area (TPSA) is 78.9 Å². The number of aromatic nitrogens is 2. The maximum Gasteiger partial charge on any atom is 0.409 e. The number of piperazine rings is 1. The SMILES string of the molecule is CCOC(=O)N1CCN(c2ncc(C(=O)N3CCCC3)cn2)CC1. The van der Waals surface area contributed by atoms with Gasteiger partial charge in [-0.05, 0) is 19.8 Å². The minimum atomic E-state index is -0.273. The van der Waals surface area contributed by atoms with Crippen LogP contribution in [0.3, 0.4) is 0 Å². The minimum absolute atomic E-state index is 0.00572. The van der Waals surface area contributed by atoms with Gasteiger partial charge in [0.25, 0.3) is 5.91 Å². The third-order valence-electron chi connectivity index (χ3n) is 4.37. The molecule has 0 radical (unpaired) electrons. The minimum Gasteiger partial charge on any atom is -0.450 e. The van der Waals surface area contributed by atoms with Crippen molar-refractivity contribution in [3.8, 4) is 0 Å². The Hall–Kier alpha value is -2.38. The normalized spacial score (nSPS) is 18.0. The largest absolute Gasteiger partial charge is 0.450 e. The highest BCUT2D eigenvalue weighted by molar-refractivity contribution is 5.93. The summed E-state index contributed by atoms with van der Waals surface area (Å²) >= 11 is 0. The number of hydrogen-bond acceptors (Lipinski definition) is 6.